The van der Waals surface area contributed by atoms with Gasteiger partial charge >= 0.3 is 6.55 Å². The van der Waals surface area contributed by atoms with Gasteiger partial charge in [-0.15, -0.1) is 0 Å². The number of amides is 1. The summed E-state index contributed by atoms with van der Waals surface area (Å²) in [6, 6.07) is 12.5. The van der Waals surface area contributed by atoms with Crippen LogP contribution in [0.3, 0.4) is 0 Å². The van der Waals surface area contributed by atoms with Crippen LogP contribution in [0.4, 0.5) is 20.2 Å². The summed E-state index contributed by atoms with van der Waals surface area (Å²) in [6.45, 7) is -1.26. The second kappa shape index (κ2) is 12.9. The number of benzene rings is 2. The van der Waals surface area contributed by atoms with Crippen molar-refractivity contribution in [2.75, 3.05) is 10.6 Å². The lowest BCUT2D eigenvalue weighted by Gasteiger charge is -2.23. The quantitative estimate of drug-likeness (QED) is 0.213. The zero-order valence-electron chi connectivity index (χ0n) is 23.3. The number of nitrogens with two attached hydrogens (primary N) is 1. The van der Waals surface area contributed by atoms with Crippen molar-refractivity contribution in [1.82, 2.24) is 19.3 Å². The second-order valence-corrected chi connectivity index (χ2v) is 11.2. The Hall–Kier alpha value is -4.73. The number of aromatic nitrogens is 4. The number of carbonyl (C=O) groups is 1. The lowest BCUT2D eigenvalue weighted by Crippen LogP contribution is -2.26. The van der Waals surface area contributed by atoms with E-state index in [1.54, 1.807) is 37.3 Å². The molecule has 0 saturated heterocycles. The molecular formula is C30H26Cl2F2N8O2. The molecule has 2 aromatic heterocycles. The third-order valence-electron chi connectivity index (χ3n) is 7.34. The van der Waals surface area contributed by atoms with Gasteiger partial charge in [0.25, 0.3) is 5.56 Å². The first-order chi connectivity index (χ1) is 21.0. The van der Waals surface area contributed by atoms with Gasteiger partial charge in [0, 0.05) is 40.0 Å². The molecule has 14 heteroatoms. The molecule has 0 spiro atoms. The molecule has 3 heterocycles. The fourth-order valence-corrected chi connectivity index (χ4v) is 5.42. The predicted molar refractivity (Wildman–Crippen MR) is 164 cm³/mol. The highest BCUT2D eigenvalue weighted by atomic mass is 35.5. The number of halogens is 4. The molecule has 0 aliphatic carbocycles. The average Bonchev–Trinajstić information content (AvgIpc) is 3.42. The van der Waals surface area contributed by atoms with Gasteiger partial charge in [0.05, 0.1) is 47.3 Å². The first-order valence-electron chi connectivity index (χ1n) is 13.5. The smallest absolute Gasteiger partial charge is 0.333 e. The largest absolute Gasteiger partial charge is 0.388 e. The van der Waals surface area contributed by atoms with Crippen LogP contribution in [-0.2, 0) is 4.79 Å². The molecule has 5 rings (SSSR count). The van der Waals surface area contributed by atoms with E-state index in [-0.39, 0.29) is 33.6 Å². The summed E-state index contributed by atoms with van der Waals surface area (Å²) >= 11 is 12.0. The van der Waals surface area contributed by atoms with Crippen LogP contribution in [0.1, 0.15) is 49.9 Å². The molecule has 2 aromatic carbocycles. The Kier molecular flexibility index (Phi) is 8.98. The van der Waals surface area contributed by atoms with Crippen LogP contribution in [0.5, 0.6) is 0 Å². The summed E-state index contributed by atoms with van der Waals surface area (Å²) in [6.07, 6.45) is 5.34. The maximum absolute atomic E-state index is 14.0. The minimum absolute atomic E-state index is 0.0197. The monoisotopic (exact) mass is 638 g/mol. The Morgan fingerprint density at radius 2 is 2.02 bits per heavy atom. The number of hydrogen-bond donors (Lipinski definition) is 3. The van der Waals surface area contributed by atoms with Crippen LogP contribution in [0.2, 0.25) is 5.02 Å². The normalized spacial score (nSPS) is 17.2. The van der Waals surface area contributed by atoms with E-state index in [0.717, 1.165) is 6.20 Å². The van der Waals surface area contributed by atoms with Gasteiger partial charge in [0.15, 0.2) is 0 Å². The molecule has 2 atom stereocenters. The standard InChI is InChI=1S/C30H26Cl2F2N8O2/c1-16-3-2-4-25(41-15-38-23(11-27(41)43)21-10-20(31)5-6-22(21)37-14-26(32)36)18-7-17(12-35)8-19(9-18)28-24(40-29(16)44)13-39-42(28)30(33)34/h5-11,13-16,25,30,37H,2-4,36H2,1H3,(H,40,44)/b26-14-. The number of rotatable bonds is 5. The van der Waals surface area contributed by atoms with Crippen LogP contribution in [0, 0.1) is 17.2 Å². The van der Waals surface area contributed by atoms with Crippen LogP contribution in [0.25, 0.3) is 22.5 Å². The van der Waals surface area contributed by atoms with Crippen molar-refractivity contribution in [3.8, 4) is 28.6 Å². The van der Waals surface area contributed by atoms with Gasteiger partial charge in [-0.1, -0.05) is 36.5 Å². The minimum atomic E-state index is -3.01. The minimum Gasteiger partial charge on any atom is -0.388 e. The predicted octanol–water partition coefficient (Wildman–Crippen LogP) is 6.45. The van der Waals surface area contributed by atoms with Crippen molar-refractivity contribution in [3.05, 3.63) is 92.8 Å². The van der Waals surface area contributed by atoms with Crippen LogP contribution < -0.4 is 21.9 Å². The fraction of sp³-hybridized carbons (Fsp3) is 0.233. The third-order valence-corrected chi connectivity index (χ3v) is 7.68. The Bertz CT molecular complexity index is 1860. The molecule has 1 aliphatic heterocycles. The van der Waals surface area contributed by atoms with Crippen molar-refractivity contribution in [2.24, 2.45) is 11.7 Å². The summed E-state index contributed by atoms with van der Waals surface area (Å²) < 4.78 is 30.0. The van der Waals surface area contributed by atoms with Gasteiger partial charge in [0.1, 0.15) is 5.16 Å². The number of nitrogens with zero attached hydrogens (tertiary/aromatic N) is 5. The number of nitrogens with one attached hydrogen (secondary N) is 2. The van der Waals surface area contributed by atoms with Crippen LogP contribution in [-0.4, -0.2) is 25.2 Å². The van der Waals surface area contributed by atoms with Crippen molar-refractivity contribution >= 4 is 40.5 Å². The van der Waals surface area contributed by atoms with E-state index in [1.807, 2.05) is 0 Å². The molecule has 2 unspecified atom stereocenters. The summed E-state index contributed by atoms with van der Waals surface area (Å²) in [5, 5.41) is 19.8. The molecule has 2 bridgehead atoms. The molecule has 0 radical (unpaired) electrons. The highest BCUT2D eigenvalue weighted by molar-refractivity contribution is 6.31. The van der Waals surface area contributed by atoms with Crippen molar-refractivity contribution in [3.63, 3.8) is 0 Å². The van der Waals surface area contributed by atoms with Crippen molar-refractivity contribution < 1.29 is 13.6 Å². The maximum Gasteiger partial charge on any atom is 0.333 e. The Morgan fingerprint density at radius 1 is 1.23 bits per heavy atom. The molecule has 4 aromatic rings. The Morgan fingerprint density at radius 3 is 2.73 bits per heavy atom. The molecule has 0 fully saturated rings. The van der Waals surface area contributed by atoms with Gasteiger partial charge in [-0.2, -0.15) is 19.1 Å². The van der Waals surface area contributed by atoms with Gasteiger partial charge < -0.3 is 16.4 Å². The van der Waals surface area contributed by atoms with E-state index >= 15 is 0 Å². The number of anilines is 2. The number of carbonyl (C=O) groups excluding carboxylic acids is 1. The van der Waals surface area contributed by atoms with E-state index in [1.165, 1.54) is 29.2 Å². The first kappa shape index (κ1) is 30.7. The van der Waals surface area contributed by atoms with E-state index in [9.17, 15) is 23.6 Å². The van der Waals surface area contributed by atoms with Gasteiger partial charge in [-0.05, 0) is 54.8 Å². The lowest BCUT2D eigenvalue weighted by molar-refractivity contribution is -0.119. The Balaban J connectivity index is 1.65. The van der Waals surface area contributed by atoms with Gasteiger partial charge in [-0.25, -0.2) is 9.67 Å². The van der Waals surface area contributed by atoms with Gasteiger partial charge in [0.2, 0.25) is 5.91 Å². The summed E-state index contributed by atoms with van der Waals surface area (Å²) in [5.41, 5.74) is 7.55. The van der Waals surface area contributed by atoms with E-state index in [2.05, 4.69) is 26.8 Å². The Labute approximate surface area is 260 Å². The molecule has 10 nitrogen and oxygen atoms in total. The van der Waals surface area contributed by atoms with Crippen LogP contribution >= 0.6 is 23.2 Å². The summed E-state index contributed by atoms with van der Waals surface area (Å²) in [7, 11) is 0. The number of nitriles is 1. The highest BCUT2D eigenvalue weighted by Crippen LogP contribution is 2.37. The summed E-state index contributed by atoms with van der Waals surface area (Å²) in [5.74, 6) is -0.804. The van der Waals surface area contributed by atoms with E-state index in [0.29, 0.717) is 51.5 Å². The molecule has 44 heavy (non-hydrogen) atoms. The van der Waals surface area contributed by atoms with Crippen molar-refractivity contribution in [2.45, 2.75) is 38.8 Å². The molecular weight excluding hydrogens is 613 g/mol. The van der Waals surface area contributed by atoms with E-state index < -0.39 is 24.1 Å². The molecule has 4 N–H and O–H groups in total. The summed E-state index contributed by atoms with van der Waals surface area (Å²) in [4.78, 5) is 31.2. The molecule has 226 valence electrons. The molecule has 1 aliphatic rings. The zero-order chi connectivity index (χ0) is 31.5. The lowest BCUT2D eigenvalue weighted by atomic mass is 9.92. The fourth-order valence-electron chi connectivity index (χ4n) is 5.20. The highest BCUT2D eigenvalue weighted by Gasteiger charge is 2.26. The SMILES string of the molecule is CC1CCCC(n2cnc(-c3cc(Cl)ccc3N/C=C(\N)Cl)cc2=O)c2cc(C#N)cc(c2)-c2c(cnn2C(F)F)NC1=O. The second-order valence-electron chi connectivity index (χ2n) is 10.3. The van der Waals surface area contributed by atoms with Crippen LogP contribution in [0.15, 0.2) is 71.1 Å². The molecule has 0 saturated carbocycles. The molecule has 1 amide bonds. The van der Waals surface area contributed by atoms with E-state index in [4.69, 9.17) is 28.9 Å². The third kappa shape index (κ3) is 6.44. The number of alkyl halides is 2. The maximum atomic E-state index is 14.0. The zero-order valence-corrected chi connectivity index (χ0v) is 24.8. The average molecular weight is 639 g/mol. The van der Waals surface area contributed by atoms with Crippen molar-refractivity contribution in [1.29, 1.82) is 5.26 Å². The topological polar surface area (TPSA) is 144 Å². The first-order valence-corrected chi connectivity index (χ1v) is 14.3. The number of hydrogen-bond acceptors (Lipinski definition) is 7. The number of fused-ring (bicyclic) bond motifs is 4. The van der Waals surface area contributed by atoms with Gasteiger partial charge in [-0.3, -0.25) is 14.2 Å².